The smallest absolute Gasteiger partial charge is 0.279 e. The molecule has 6 heteroatoms. The summed E-state index contributed by atoms with van der Waals surface area (Å²) in [5.41, 5.74) is 6.12. The zero-order chi connectivity index (χ0) is 14.5. The third-order valence-electron chi connectivity index (χ3n) is 3.63. The number of hydrogen-bond donors (Lipinski definition) is 3. The van der Waals surface area contributed by atoms with Crippen molar-refractivity contribution < 1.29 is 14.5 Å². The van der Waals surface area contributed by atoms with Gasteiger partial charge in [-0.1, -0.05) is 0 Å². The van der Waals surface area contributed by atoms with Crippen LogP contribution in [0.15, 0.2) is 24.3 Å². The zero-order valence-corrected chi connectivity index (χ0v) is 13.4. The SMILES string of the molecule is NC(=O)C1CC[NH+](CC(=O)Nc2ccc(I)cc2)CC1. The van der Waals surface area contributed by atoms with Gasteiger partial charge in [-0.2, -0.15) is 0 Å². The molecular formula is C14H19IN3O2+. The Morgan fingerprint density at radius 2 is 1.85 bits per heavy atom. The van der Waals surface area contributed by atoms with Gasteiger partial charge in [-0.3, -0.25) is 9.59 Å². The number of nitrogens with one attached hydrogen (secondary N) is 2. The van der Waals surface area contributed by atoms with Crippen molar-refractivity contribution in [1.29, 1.82) is 0 Å². The molecule has 1 aromatic rings. The Hall–Kier alpha value is -1.15. The molecule has 1 saturated heterocycles. The van der Waals surface area contributed by atoms with Crippen molar-refractivity contribution in [3.63, 3.8) is 0 Å². The standard InChI is InChI=1S/C14H18IN3O2/c15-11-1-3-12(4-2-11)17-13(19)9-18-7-5-10(6-8-18)14(16)20/h1-4,10H,5-9H2,(H2,16,20)(H,17,19)/p+1. The van der Waals surface area contributed by atoms with Crippen LogP contribution in [0.2, 0.25) is 0 Å². The molecule has 0 unspecified atom stereocenters. The predicted octanol–water partition coefficient (Wildman–Crippen LogP) is 0.00990. The van der Waals surface area contributed by atoms with Crippen LogP contribution in [-0.2, 0) is 9.59 Å². The molecule has 0 spiro atoms. The van der Waals surface area contributed by atoms with E-state index in [-0.39, 0.29) is 17.7 Å². The molecule has 0 bridgehead atoms. The van der Waals surface area contributed by atoms with Crippen LogP contribution in [0.1, 0.15) is 12.8 Å². The van der Waals surface area contributed by atoms with Crippen molar-refractivity contribution in [2.24, 2.45) is 11.7 Å². The van der Waals surface area contributed by atoms with E-state index in [0.29, 0.717) is 6.54 Å². The number of carbonyl (C=O) groups excluding carboxylic acids is 2. The van der Waals surface area contributed by atoms with E-state index < -0.39 is 0 Å². The molecule has 0 radical (unpaired) electrons. The highest BCUT2D eigenvalue weighted by atomic mass is 127. The highest BCUT2D eigenvalue weighted by Gasteiger charge is 2.26. The molecule has 108 valence electrons. The first-order valence-electron chi connectivity index (χ1n) is 6.73. The highest BCUT2D eigenvalue weighted by molar-refractivity contribution is 14.1. The molecule has 4 N–H and O–H groups in total. The fourth-order valence-electron chi connectivity index (χ4n) is 2.45. The average Bonchev–Trinajstić information content (AvgIpc) is 2.42. The monoisotopic (exact) mass is 388 g/mol. The minimum atomic E-state index is -0.215. The second-order valence-electron chi connectivity index (χ2n) is 5.16. The number of likely N-dealkylation sites (tertiary alicyclic amines) is 1. The Labute approximate surface area is 132 Å². The molecule has 0 aromatic heterocycles. The number of anilines is 1. The lowest BCUT2D eigenvalue weighted by Crippen LogP contribution is -3.14. The minimum absolute atomic E-state index is 0.0127. The Bertz CT molecular complexity index is 482. The quantitative estimate of drug-likeness (QED) is 0.636. The summed E-state index contributed by atoms with van der Waals surface area (Å²) in [6.45, 7) is 2.10. The summed E-state index contributed by atoms with van der Waals surface area (Å²) in [5, 5.41) is 2.90. The second-order valence-corrected chi connectivity index (χ2v) is 6.40. The third kappa shape index (κ3) is 4.45. The lowest BCUT2D eigenvalue weighted by Gasteiger charge is -2.27. The molecule has 1 fully saturated rings. The number of piperidine rings is 1. The Morgan fingerprint density at radius 3 is 2.40 bits per heavy atom. The second kappa shape index (κ2) is 7.03. The van der Waals surface area contributed by atoms with Crippen LogP contribution in [0.4, 0.5) is 5.69 Å². The van der Waals surface area contributed by atoms with Crippen LogP contribution in [0.3, 0.4) is 0 Å². The summed E-state index contributed by atoms with van der Waals surface area (Å²) < 4.78 is 1.14. The highest BCUT2D eigenvalue weighted by Crippen LogP contribution is 2.11. The number of hydrogen-bond acceptors (Lipinski definition) is 2. The normalized spacial score (nSPS) is 22.2. The van der Waals surface area contributed by atoms with Crippen LogP contribution in [0.5, 0.6) is 0 Å². The first-order valence-corrected chi connectivity index (χ1v) is 7.81. The summed E-state index contributed by atoms with van der Waals surface area (Å²) in [6, 6.07) is 7.71. The third-order valence-corrected chi connectivity index (χ3v) is 4.35. The number of halogens is 1. The number of quaternary nitrogens is 1. The van der Waals surface area contributed by atoms with Crippen LogP contribution in [0.25, 0.3) is 0 Å². The van der Waals surface area contributed by atoms with Crippen molar-refractivity contribution in [3.05, 3.63) is 27.8 Å². The topological polar surface area (TPSA) is 76.6 Å². The van der Waals surface area contributed by atoms with Gasteiger partial charge in [-0.15, -0.1) is 0 Å². The van der Waals surface area contributed by atoms with Crippen molar-refractivity contribution in [2.45, 2.75) is 12.8 Å². The lowest BCUT2D eigenvalue weighted by molar-refractivity contribution is -0.897. The van der Waals surface area contributed by atoms with E-state index in [0.717, 1.165) is 35.2 Å². The van der Waals surface area contributed by atoms with Crippen LogP contribution < -0.4 is 16.0 Å². The van der Waals surface area contributed by atoms with Gasteiger partial charge in [0.2, 0.25) is 5.91 Å². The van der Waals surface area contributed by atoms with E-state index in [2.05, 4.69) is 27.9 Å². The first-order chi connectivity index (χ1) is 9.54. The van der Waals surface area contributed by atoms with Crippen molar-refractivity contribution in [3.8, 4) is 0 Å². The van der Waals surface area contributed by atoms with Crippen LogP contribution >= 0.6 is 22.6 Å². The van der Waals surface area contributed by atoms with Crippen LogP contribution in [0, 0.1) is 9.49 Å². The first kappa shape index (κ1) is 15.2. The van der Waals surface area contributed by atoms with Gasteiger partial charge in [0.1, 0.15) is 0 Å². The Morgan fingerprint density at radius 1 is 1.25 bits per heavy atom. The Kier molecular flexibility index (Phi) is 5.36. The molecule has 2 amide bonds. The lowest BCUT2D eigenvalue weighted by atomic mass is 9.96. The minimum Gasteiger partial charge on any atom is -0.369 e. The molecule has 0 atom stereocenters. The maximum atomic E-state index is 12.0. The van der Waals surface area contributed by atoms with Gasteiger partial charge in [-0.05, 0) is 46.9 Å². The number of nitrogens with two attached hydrogens (primary N) is 1. The van der Waals surface area contributed by atoms with E-state index >= 15 is 0 Å². The number of carbonyl (C=O) groups is 2. The van der Waals surface area contributed by atoms with Gasteiger partial charge in [-0.25, -0.2) is 0 Å². The van der Waals surface area contributed by atoms with Crippen molar-refractivity contribution >= 4 is 40.1 Å². The number of rotatable bonds is 4. The molecule has 1 heterocycles. The Balaban J connectivity index is 1.78. The summed E-state index contributed by atoms with van der Waals surface area (Å²) >= 11 is 2.23. The van der Waals surface area contributed by atoms with Crippen molar-refractivity contribution in [1.82, 2.24) is 0 Å². The van der Waals surface area contributed by atoms with Gasteiger partial charge < -0.3 is 16.0 Å². The maximum absolute atomic E-state index is 12.0. The number of primary amides is 1. The number of benzene rings is 1. The molecule has 5 nitrogen and oxygen atoms in total. The van der Waals surface area contributed by atoms with Crippen LogP contribution in [-0.4, -0.2) is 31.4 Å². The molecule has 20 heavy (non-hydrogen) atoms. The predicted molar refractivity (Wildman–Crippen MR) is 85.3 cm³/mol. The summed E-state index contributed by atoms with van der Waals surface area (Å²) in [7, 11) is 0. The van der Waals surface area contributed by atoms with E-state index in [4.69, 9.17) is 5.73 Å². The summed E-state index contributed by atoms with van der Waals surface area (Å²) in [5.74, 6) is -0.218. The zero-order valence-electron chi connectivity index (χ0n) is 11.2. The fourth-order valence-corrected chi connectivity index (χ4v) is 2.81. The fraction of sp³-hybridized carbons (Fsp3) is 0.429. The van der Waals surface area contributed by atoms with Gasteiger partial charge in [0.25, 0.3) is 5.91 Å². The molecule has 1 aliphatic rings. The van der Waals surface area contributed by atoms with E-state index in [1.165, 1.54) is 4.90 Å². The van der Waals surface area contributed by atoms with E-state index in [9.17, 15) is 9.59 Å². The maximum Gasteiger partial charge on any atom is 0.279 e. The summed E-state index contributed by atoms with van der Waals surface area (Å²) in [6.07, 6.45) is 1.56. The van der Waals surface area contributed by atoms with E-state index in [1.807, 2.05) is 24.3 Å². The summed E-state index contributed by atoms with van der Waals surface area (Å²) in [4.78, 5) is 24.3. The molecular weight excluding hydrogens is 369 g/mol. The molecule has 0 aliphatic carbocycles. The van der Waals surface area contributed by atoms with Gasteiger partial charge in [0.05, 0.1) is 13.1 Å². The largest absolute Gasteiger partial charge is 0.369 e. The average molecular weight is 388 g/mol. The van der Waals surface area contributed by atoms with Gasteiger partial charge in [0.15, 0.2) is 6.54 Å². The van der Waals surface area contributed by atoms with Crippen molar-refractivity contribution in [2.75, 3.05) is 25.0 Å². The molecule has 1 aromatic carbocycles. The molecule has 2 rings (SSSR count). The molecule has 0 saturated carbocycles. The molecule has 1 aliphatic heterocycles. The van der Waals surface area contributed by atoms with Gasteiger partial charge >= 0.3 is 0 Å². The van der Waals surface area contributed by atoms with Gasteiger partial charge in [0, 0.05) is 28.0 Å². The van der Waals surface area contributed by atoms with E-state index in [1.54, 1.807) is 0 Å². The number of amides is 2.